The Hall–Kier alpha value is -3.28. The number of halogens is 1. The second kappa shape index (κ2) is 6.87. The molecule has 2 aromatic rings. The van der Waals surface area contributed by atoms with Crippen molar-refractivity contribution in [2.75, 3.05) is 11.8 Å². The molecule has 0 aliphatic heterocycles. The molecule has 2 rings (SSSR count). The molecule has 0 aliphatic carbocycles. The van der Waals surface area contributed by atoms with Crippen LogP contribution < -0.4 is 9.46 Å². The fraction of sp³-hybridized carbons (Fsp3) is 0.0714. The van der Waals surface area contributed by atoms with Gasteiger partial charge in [0.25, 0.3) is 10.0 Å². The predicted octanol–water partition coefficient (Wildman–Crippen LogP) is 3.45. The van der Waals surface area contributed by atoms with Crippen molar-refractivity contribution in [3.63, 3.8) is 0 Å². The van der Waals surface area contributed by atoms with E-state index in [2.05, 4.69) is 14.7 Å². The largest absolute Gasteiger partial charge is 0.494 e. The Morgan fingerprint density at radius 1 is 1.33 bits per heavy atom. The lowest BCUT2D eigenvalue weighted by atomic mass is 10.2. The maximum atomic E-state index is 13.6. The van der Waals surface area contributed by atoms with Crippen LogP contribution in [0.25, 0.3) is 10.4 Å². The van der Waals surface area contributed by atoms with Gasteiger partial charge in [-0.2, -0.15) is 5.26 Å². The van der Waals surface area contributed by atoms with Crippen molar-refractivity contribution in [1.29, 1.82) is 5.26 Å². The molecule has 0 heterocycles. The number of methoxy groups -OCH3 is 1. The van der Waals surface area contributed by atoms with Crippen molar-refractivity contribution in [2.24, 2.45) is 5.11 Å². The molecule has 0 radical (unpaired) electrons. The number of benzene rings is 2. The van der Waals surface area contributed by atoms with Gasteiger partial charge >= 0.3 is 0 Å². The van der Waals surface area contributed by atoms with E-state index in [1.54, 1.807) is 6.07 Å². The first-order valence-corrected chi connectivity index (χ1v) is 7.85. The number of nitriles is 1. The Kier molecular flexibility index (Phi) is 4.89. The average molecular weight is 347 g/mol. The highest BCUT2D eigenvalue weighted by Crippen LogP contribution is 2.26. The number of nitrogens with one attached hydrogen (secondary N) is 1. The van der Waals surface area contributed by atoms with Crippen molar-refractivity contribution in [1.82, 2.24) is 0 Å². The molecule has 0 aliphatic rings. The van der Waals surface area contributed by atoms with Crippen LogP contribution in [-0.2, 0) is 10.0 Å². The predicted molar refractivity (Wildman–Crippen MR) is 83.7 cm³/mol. The molecule has 0 saturated carbocycles. The van der Waals surface area contributed by atoms with E-state index in [0.29, 0.717) is 0 Å². The van der Waals surface area contributed by atoms with Crippen LogP contribution >= 0.6 is 0 Å². The maximum absolute atomic E-state index is 13.6. The van der Waals surface area contributed by atoms with Crippen LogP contribution in [0.1, 0.15) is 5.56 Å². The molecule has 2 aromatic carbocycles. The maximum Gasteiger partial charge on any atom is 0.261 e. The second-order valence-electron chi connectivity index (χ2n) is 4.44. The summed E-state index contributed by atoms with van der Waals surface area (Å²) in [7, 11) is -2.77. The molecule has 0 fully saturated rings. The van der Waals surface area contributed by atoms with Crippen molar-refractivity contribution in [3.05, 3.63) is 58.2 Å². The van der Waals surface area contributed by atoms with Gasteiger partial charge < -0.3 is 4.74 Å². The van der Waals surface area contributed by atoms with Crippen LogP contribution in [0.2, 0.25) is 0 Å². The van der Waals surface area contributed by atoms with Gasteiger partial charge in [0.1, 0.15) is 0 Å². The van der Waals surface area contributed by atoms with Crippen LogP contribution in [0, 0.1) is 17.1 Å². The highest BCUT2D eigenvalue weighted by molar-refractivity contribution is 7.92. The molecule has 0 atom stereocenters. The first-order chi connectivity index (χ1) is 11.4. The highest BCUT2D eigenvalue weighted by Gasteiger charge is 2.17. The molecule has 0 aromatic heterocycles. The highest BCUT2D eigenvalue weighted by atomic mass is 32.2. The smallest absolute Gasteiger partial charge is 0.261 e. The molecule has 1 N–H and O–H groups in total. The standard InChI is InChI=1S/C14H10FN5O3S/c1-23-14-5-2-10(7-12(14)15)19-24(21,22)11-3-4-13(18-20-17)9(6-11)8-16/h2-7,19H,1H3. The summed E-state index contributed by atoms with van der Waals surface area (Å²) in [5, 5.41) is 12.3. The van der Waals surface area contributed by atoms with E-state index >= 15 is 0 Å². The summed E-state index contributed by atoms with van der Waals surface area (Å²) in [5.74, 6) is -0.752. The fourth-order valence-corrected chi connectivity index (χ4v) is 2.93. The number of hydrogen-bond donors (Lipinski definition) is 1. The summed E-state index contributed by atoms with van der Waals surface area (Å²) in [6, 6.07) is 8.77. The Morgan fingerprint density at radius 3 is 2.67 bits per heavy atom. The van der Waals surface area contributed by atoms with Crippen LogP contribution in [0.3, 0.4) is 0 Å². The molecule has 24 heavy (non-hydrogen) atoms. The second-order valence-corrected chi connectivity index (χ2v) is 6.12. The number of hydrogen-bond acceptors (Lipinski definition) is 5. The first kappa shape index (κ1) is 17.1. The van der Waals surface area contributed by atoms with Gasteiger partial charge in [0, 0.05) is 11.0 Å². The van der Waals surface area contributed by atoms with Gasteiger partial charge in [-0.1, -0.05) is 5.11 Å². The number of nitrogens with zero attached hydrogens (tertiary/aromatic N) is 4. The average Bonchev–Trinajstić information content (AvgIpc) is 2.55. The topological polar surface area (TPSA) is 128 Å². The van der Waals surface area contributed by atoms with Crippen LogP contribution in [0.4, 0.5) is 15.8 Å². The van der Waals surface area contributed by atoms with Gasteiger partial charge in [-0.3, -0.25) is 4.72 Å². The van der Waals surface area contributed by atoms with Crippen LogP contribution in [-0.4, -0.2) is 15.5 Å². The lowest BCUT2D eigenvalue weighted by Gasteiger charge is -2.10. The normalized spacial score (nSPS) is 10.4. The SMILES string of the molecule is COc1ccc(NS(=O)(=O)c2ccc(N=[N+]=[N-])c(C#N)c2)cc1F. The summed E-state index contributed by atoms with van der Waals surface area (Å²) >= 11 is 0. The van der Waals surface area contributed by atoms with Gasteiger partial charge in [0.05, 0.1) is 35.0 Å². The van der Waals surface area contributed by atoms with Crippen molar-refractivity contribution >= 4 is 21.4 Å². The quantitative estimate of drug-likeness (QED) is 0.504. The zero-order valence-electron chi connectivity index (χ0n) is 12.3. The van der Waals surface area contributed by atoms with E-state index in [9.17, 15) is 12.8 Å². The molecule has 0 spiro atoms. The third-order valence-electron chi connectivity index (χ3n) is 2.96. The van der Waals surface area contributed by atoms with E-state index in [1.807, 2.05) is 0 Å². The van der Waals surface area contributed by atoms with E-state index in [4.69, 9.17) is 15.5 Å². The molecular formula is C14H10FN5O3S. The Labute approximate surface area is 136 Å². The molecule has 0 bridgehead atoms. The van der Waals surface area contributed by atoms with E-state index in [-0.39, 0.29) is 27.6 Å². The minimum atomic E-state index is -4.06. The number of rotatable bonds is 5. The van der Waals surface area contributed by atoms with E-state index < -0.39 is 15.8 Å². The third kappa shape index (κ3) is 3.55. The molecule has 122 valence electrons. The lowest BCUT2D eigenvalue weighted by molar-refractivity contribution is 0.386. The molecule has 0 amide bonds. The van der Waals surface area contributed by atoms with Gasteiger partial charge in [-0.05, 0) is 35.9 Å². The van der Waals surface area contributed by atoms with Crippen LogP contribution in [0.15, 0.2) is 46.4 Å². The summed E-state index contributed by atoms with van der Waals surface area (Å²) in [6.45, 7) is 0. The Morgan fingerprint density at radius 2 is 2.08 bits per heavy atom. The van der Waals surface area contributed by atoms with E-state index in [0.717, 1.165) is 12.1 Å². The monoisotopic (exact) mass is 347 g/mol. The third-order valence-corrected chi connectivity index (χ3v) is 4.33. The summed E-state index contributed by atoms with van der Waals surface area (Å²) in [5.41, 5.74) is 8.30. The summed E-state index contributed by atoms with van der Waals surface area (Å²) in [6.07, 6.45) is 0. The van der Waals surface area contributed by atoms with Gasteiger partial charge in [-0.15, -0.1) is 0 Å². The molecule has 0 saturated heterocycles. The first-order valence-electron chi connectivity index (χ1n) is 6.37. The van der Waals surface area contributed by atoms with Crippen molar-refractivity contribution in [2.45, 2.75) is 4.90 Å². The summed E-state index contributed by atoms with van der Waals surface area (Å²) < 4.78 is 45.2. The molecular weight excluding hydrogens is 337 g/mol. The van der Waals surface area contributed by atoms with Gasteiger partial charge in [-0.25, -0.2) is 12.8 Å². The minimum Gasteiger partial charge on any atom is -0.494 e. The van der Waals surface area contributed by atoms with Crippen LogP contribution in [0.5, 0.6) is 5.75 Å². The van der Waals surface area contributed by atoms with Gasteiger partial charge in [0.15, 0.2) is 11.6 Å². The number of ether oxygens (including phenoxy) is 1. The molecule has 0 unspecified atom stereocenters. The fourth-order valence-electron chi connectivity index (χ4n) is 1.85. The number of sulfonamides is 1. The zero-order chi connectivity index (χ0) is 17.7. The number of azide groups is 1. The Bertz CT molecular complexity index is 978. The lowest BCUT2D eigenvalue weighted by Crippen LogP contribution is -2.13. The summed E-state index contributed by atoms with van der Waals surface area (Å²) in [4.78, 5) is 2.33. The number of anilines is 1. The molecule has 10 heteroatoms. The van der Waals surface area contributed by atoms with Gasteiger partial charge in [0.2, 0.25) is 0 Å². The zero-order valence-corrected chi connectivity index (χ0v) is 13.1. The molecule has 8 nitrogen and oxygen atoms in total. The van der Waals surface area contributed by atoms with Crippen molar-refractivity contribution < 1.29 is 17.5 Å². The minimum absolute atomic E-state index is 0.00840. The van der Waals surface area contributed by atoms with E-state index in [1.165, 1.54) is 31.4 Å². The Balaban J connectivity index is 2.39. The van der Waals surface area contributed by atoms with Crippen molar-refractivity contribution in [3.8, 4) is 11.8 Å².